The molecule has 0 saturated carbocycles. The quantitative estimate of drug-likeness (QED) is 0.855. The van der Waals surface area contributed by atoms with Crippen LogP contribution >= 0.6 is 0 Å². The Balaban J connectivity index is 2.07. The molecule has 0 saturated heterocycles. The van der Waals surface area contributed by atoms with Crippen molar-refractivity contribution in [1.29, 1.82) is 0 Å². The third-order valence-corrected chi connectivity index (χ3v) is 4.12. The van der Waals surface area contributed by atoms with Gasteiger partial charge in [0.05, 0.1) is 5.69 Å². The lowest BCUT2D eigenvalue weighted by molar-refractivity contribution is -0.124. The maximum absolute atomic E-state index is 12.5. The van der Waals surface area contributed by atoms with E-state index in [4.69, 9.17) is 0 Å². The molecule has 1 N–H and O–H groups in total. The Morgan fingerprint density at radius 1 is 1.27 bits per heavy atom. The predicted octanol–water partition coefficient (Wildman–Crippen LogP) is 2.98. The first kappa shape index (κ1) is 16.3. The second-order valence-electron chi connectivity index (χ2n) is 5.62. The number of rotatable bonds is 7. The van der Waals surface area contributed by atoms with Gasteiger partial charge in [-0.3, -0.25) is 9.48 Å². The minimum atomic E-state index is -0.137. The van der Waals surface area contributed by atoms with Crippen LogP contribution in [0.5, 0.6) is 0 Å². The number of nitrogens with zero attached hydrogens (tertiary/aromatic N) is 3. The minimum absolute atomic E-state index is 0.0705. The van der Waals surface area contributed by atoms with Gasteiger partial charge in [0.2, 0.25) is 5.91 Å². The van der Waals surface area contributed by atoms with Crippen LogP contribution in [-0.2, 0) is 17.9 Å². The van der Waals surface area contributed by atoms with E-state index < -0.39 is 0 Å². The van der Waals surface area contributed by atoms with Gasteiger partial charge in [0, 0.05) is 36.7 Å². The fourth-order valence-electron chi connectivity index (χ4n) is 2.84. The maximum Gasteiger partial charge on any atom is 0.243 e. The number of amides is 1. The fraction of sp³-hybridized carbons (Fsp3) is 0.529. The molecule has 2 heterocycles. The molecule has 1 amide bonds. The molecule has 0 bridgehead atoms. The average molecular weight is 302 g/mol. The number of aromatic nitrogens is 3. The van der Waals surface area contributed by atoms with E-state index in [1.165, 1.54) is 0 Å². The van der Waals surface area contributed by atoms with Crippen molar-refractivity contribution >= 4 is 5.91 Å². The summed E-state index contributed by atoms with van der Waals surface area (Å²) in [5.74, 6) is 0.0705. The summed E-state index contributed by atoms with van der Waals surface area (Å²) < 4.78 is 3.96. The van der Waals surface area contributed by atoms with Gasteiger partial charge in [-0.15, -0.1) is 0 Å². The standard InChI is InChI=1S/C17H26N4O/c1-5-9-16(20-10-7-8-11-20)17(22)18-12-15-13(3)19-21(6-2)14(15)4/h7-8,10-11,16H,5-6,9,12H2,1-4H3,(H,18,22). The molecule has 120 valence electrons. The molecule has 0 fully saturated rings. The van der Waals surface area contributed by atoms with Crippen molar-refractivity contribution in [2.24, 2.45) is 0 Å². The van der Waals surface area contributed by atoms with Gasteiger partial charge < -0.3 is 9.88 Å². The molecule has 0 aliphatic rings. The second kappa shape index (κ2) is 7.29. The van der Waals surface area contributed by atoms with Crippen LogP contribution in [0.1, 0.15) is 49.7 Å². The summed E-state index contributed by atoms with van der Waals surface area (Å²) >= 11 is 0. The average Bonchev–Trinajstić information content (AvgIpc) is 3.11. The zero-order valence-electron chi connectivity index (χ0n) is 14.0. The van der Waals surface area contributed by atoms with Crippen molar-refractivity contribution < 1.29 is 4.79 Å². The highest BCUT2D eigenvalue weighted by Gasteiger charge is 2.19. The molecule has 1 atom stereocenters. The third kappa shape index (κ3) is 3.40. The topological polar surface area (TPSA) is 51.9 Å². The van der Waals surface area contributed by atoms with Gasteiger partial charge in [0.25, 0.3) is 0 Å². The summed E-state index contributed by atoms with van der Waals surface area (Å²) in [6, 6.07) is 3.77. The number of carbonyl (C=O) groups is 1. The molecule has 0 radical (unpaired) electrons. The molecular formula is C17H26N4O. The highest BCUT2D eigenvalue weighted by atomic mass is 16.2. The minimum Gasteiger partial charge on any atom is -0.350 e. The molecule has 0 aliphatic heterocycles. The van der Waals surface area contributed by atoms with Crippen molar-refractivity contribution in [2.45, 2.75) is 59.7 Å². The Hall–Kier alpha value is -2.04. The second-order valence-corrected chi connectivity index (χ2v) is 5.62. The monoisotopic (exact) mass is 302 g/mol. The summed E-state index contributed by atoms with van der Waals surface area (Å²) in [7, 11) is 0. The van der Waals surface area contributed by atoms with E-state index in [1.807, 2.05) is 40.7 Å². The zero-order chi connectivity index (χ0) is 16.1. The fourth-order valence-corrected chi connectivity index (χ4v) is 2.84. The van der Waals surface area contributed by atoms with E-state index >= 15 is 0 Å². The zero-order valence-corrected chi connectivity index (χ0v) is 14.0. The van der Waals surface area contributed by atoms with Gasteiger partial charge in [-0.25, -0.2) is 0 Å². The van der Waals surface area contributed by atoms with Crippen molar-refractivity contribution in [3.63, 3.8) is 0 Å². The first-order valence-corrected chi connectivity index (χ1v) is 8.01. The van der Waals surface area contributed by atoms with Crippen LogP contribution in [0.25, 0.3) is 0 Å². The molecule has 2 aromatic rings. The highest BCUT2D eigenvalue weighted by Crippen LogP contribution is 2.16. The van der Waals surface area contributed by atoms with Crippen LogP contribution in [-0.4, -0.2) is 20.3 Å². The Bertz CT molecular complexity index is 613. The van der Waals surface area contributed by atoms with Crippen LogP contribution < -0.4 is 5.32 Å². The molecule has 22 heavy (non-hydrogen) atoms. The lowest BCUT2D eigenvalue weighted by atomic mass is 10.1. The number of hydrogen-bond acceptors (Lipinski definition) is 2. The summed E-state index contributed by atoms with van der Waals surface area (Å²) in [4.78, 5) is 12.5. The lowest BCUT2D eigenvalue weighted by Gasteiger charge is -2.18. The Labute approximate surface area is 132 Å². The molecule has 0 spiro atoms. The lowest BCUT2D eigenvalue weighted by Crippen LogP contribution is -2.32. The molecule has 1 unspecified atom stereocenters. The highest BCUT2D eigenvalue weighted by molar-refractivity contribution is 5.80. The van der Waals surface area contributed by atoms with Crippen molar-refractivity contribution in [3.8, 4) is 0 Å². The predicted molar refractivity (Wildman–Crippen MR) is 87.6 cm³/mol. The smallest absolute Gasteiger partial charge is 0.243 e. The maximum atomic E-state index is 12.5. The summed E-state index contributed by atoms with van der Waals surface area (Å²) in [6.45, 7) is 9.62. The van der Waals surface area contributed by atoms with Crippen LogP contribution in [0, 0.1) is 13.8 Å². The Morgan fingerprint density at radius 3 is 2.50 bits per heavy atom. The molecule has 0 aliphatic carbocycles. The molecule has 2 aromatic heterocycles. The van der Waals surface area contributed by atoms with Crippen molar-refractivity contribution in [2.75, 3.05) is 0 Å². The largest absolute Gasteiger partial charge is 0.350 e. The Kier molecular flexibility index (Phi) is 5.41. The van der Waals surface area contributed by atoms with Gasteiger partial charge in [-0.2, -0.15) is 5.10 Å². The van der Waals surface area contributed by atoms with Gasteiger partial charge in [0.1, 0.15) is 6.04 Å². The SMILES string of the molecule is CCCC(C(=O)NCc1c(C)nn(CC)c1C)n1cccc1. The Morgan fingerprint density at radius 2 is 1.95 bits per heavy atom. The number of carbonyl (C=O) groups excluding carboxylic acids is 1. The van der Waals surface area contributed by atoms with Gasteiger partial charge >= 0.3 is 0 Å². The van der Waals surface area contributed by atoms with Crippen LogP contribution in [0.3, 0.4) is 0 Å². The molecule has 2 rings (SSSR count). The van der Waals surface area contributed by atoms with Gasteiger partial charge in [0.15, 0.2) is 0 Å². The normalized spacial score (nSPS) is 12.4. The van der Waals surface area contributed by atoms with Gasteiger partial charge in [-0.1, -0.05) is 13.3 Å². The van der Waals surface area contributed by atoms with E-state index in [1.54, 1.807) is 0 Å². The third-order valence-electron chi connectivity index (χ3n) is 4.12. The van der Waals surface area contributed by atoms with E-state index in [2.05, 4.69) is 31.2 Å². The molecule has 5 nitrogen and oxygen atoms in total. The number of aryl methyl sites for hydroxylation is 2. The summed E-state index contributed by atoms with van der Waals surface area (Å²) in [5.41, 5.74) is 3.25. The van der Waals surface area contributed by atoms with Crippen LogP contribution in [0.2, 0.25) is 0 Å². The first-order valence-electron chi connectivity index (χ1n) is 8.01. The number of nitrogens with one attached hydrogen (secondary N) is 1. The molecule has 5 heteroatoms. The van der Waals surface area contributed by atoms with Crippen LogP contribution in [0.4, 0.5) is 0 Å². The van der Waals surface area contributed by atoms with Crippen LogP contribution in [0.15, 0.2) is 24.5 Å². The van der Waals surface area contributed by atoms with E-state index in [0.717, 1.165) is 36.3 Å². The van der Waals surface area contributed by atoms with E-state index in [0.29, 0.717) is 6.54 Å². The van der Waals surface area contributed by atoms with E-state index in [-0.39, 0.29) is 11.9 Å². The van der Waals surface area contributed by atoms with Crippen molar-refractivity contribution in [3.05, 3.63) is 41.5 Å². The molecule has 0 aromatic carbocycles. The molecular weight excluding hydrogens is 276 g/mol. The number of hydrogen-bond donors (Lipinski definition) is 1. The van der Waals surface area contributed by atoms with Crippen molar-refractivity contribution in [1.82, 2.24) is 19.7 Å². The first-order chi connectivity index (χ1) is 10.6. The summed E-state index contributed by atoms with van der Waals surface area (Å²) in [5, 5.41) is 7.58. The van der Waals surface area contributed by atoms with E-state index in [9.17, 15) is 4.79 Å². The van der Waals surface area contributed by atoms with Gasteiger partial charge in [-0.05, 0) is 39.3 Å². The summed E-state index contributed by atoms with van der Waals surface area (Å²) in [6.07, 6.45) is 5.71.